The van der Waals surface area contributed by atoms with E-state index in [1.807, 2.05) is 26.0 Å². The zero-order chi connectivity index (χ0) is 9.56. The first-order valence-electron chi connectivity index (χ1n) is 3.99. The first-order valence-corrected chi connectivity index (χ1v) is 4.98. The molecule has 0 aromatic carbocycles. The highest BCUT2D eigenvalue weighted by Gasteiger charge is 2.00. The maximum Gasteiger partial charge on any atom is 0.158 e. The Morgan fingerprint density at radius 2 is 1.83 bits per heavy atom. The van der Waals surface area contributed by atoms with Crippen LogP contribution in [0.2, 0.25) is 0 Å². The van der Waals surface area contributed by atoms with Gasteiger partial charge in [-0.1, -0.05) is 11.8 Å². The van der Waals surface area contributed by atoms with E-state index in [2.05, 4.69) is 24.0 Å². The van der Waals surface area contributed by atoms with Crippen molar-refractivity contribution in [2.24, 2.45) is 4.99 Å². The molecule has 0 aliphatic rings. The number of aliphatic imine (C=N–C) groups is 1. The normalized spacial score (nSPS) is 12.3. The van der Waals surface area contributed by atoms with E-state index in [-0.39, 0.29) is 0 Å². The Morgan fingerprint density at radius 1 is 1.25 bits per heavy atom. The van der Waals surface area contributed by atoms with Gasteiger partial charge in [0.25, 0.3) is 0 Å². The Kier molecular flexibility index (Phi) is 6.20. The maximum atomic E-state index is 4.17. The van der Waals surface area contributed by atoms with Gasteiger partial charge in [0.1, 0.15) is 0 Å². The second kappa shape index (κ2) is 6.31. The Morgan fingerprint density at radius 3 is 2.17 bits per heavy atom. The summed E-state index contributed by atoms with van der Waals surface area (Å²) in [5.41, 5.74) is 0. The largest absolute Gasteiger partial charge is 0.358 e. The predicted octanol–water partition coefficient (Wildman–Crippen LogP) is 0.829. The van der Waals surface area contributed by atoms with Crippen molar-refractivity contribution in [3.8, 4) is 0 Å². The third kappa shape index (κ3) is 5.43. The van der Waals surface area contributed by atoms with Crippen LogP contribution in [0.15, 0.2) is 4.99 Å². The van der Waals surface area contributed by atoms with E-state index in [1.165, 1.54) is 0 Å². The van der Waals surface area contributed by atoms with Crippen molar-refractivity contribution in [1.82, 2.24) is 9.80 Å². The number of hydrogen-bond acceptors (Lipinski definition) is 3. The van der Waals surface area contributed by atoms with Gasteiger partial charge in [-0.05, 0) is 14.1 Å². The minimum absolute atomic E-state index is 1.09. The Hall–Kier alpha value is -0.220. The molecular formula is C8H19N3S. The molecule has 0 atom stereocenters. The fourth-order valence-corrected chi connectivity index (χ4v) is 1.74. The van der Waals surface area contributed by atoms with Gasteiger partial charge >= 0.3 is 0 Å². The van der Waals surface area contributed by atoms with Crippen LogP contribution < -0.4 is 0 Å². The Bertz CT molecular complexity index is 143. The standard InChI is InChI=1S/C8H19N3S/c1-9-8(11(4)5)12-7-6-10(2)3/h6-7H2,1-5H3. The van der Waals surface area contributed by atoms with Gasteiger partial charge in [0.2, 0.25) is 0 Å². The monoisotopic (exact) mass is 189 g/mol. The quantitative estimate of drug-likeness (QED) is 0.484. The molecule has 12 heavy (non-hydrogen) atoms. The Labute approximate surface area is 79.8 Å². The lowest BCUT2D eigenvalue weighted by Gasteiger charge is -2.15. The summed E-state index contributed by atoms with van der Waals surface area (Å²) >= 11 is 1.79. The second-order valence-corrected chi connectivity index (χ2v) is 4.11. The lowest BCUT2D eigenvalue weighted by atomic mass is 10.7. The van der Waals surface area contributed by atoms with Gasteiger partial charge in [-0.2, -0.15) is 0 Å². The molecule has 0 aliphatic carbocycles. The molecule has 0 unspecified atom stereocenters. The summed E-state index contributed by atoms with van der Waals surface area (Å²) in [7, 11) is 10.0. The van der Waals surface area contributed by atoms with Crippen LogP contribution in [0, 0.1) is 0 Å². The first kappa shape index (κ1) is 11.8. The lowest BCUT2D eigenvalue weighted by molar-refractivity contribution is 0.437. The van der Waals surface area contributed by atoms with Crippen molar-refractivity contribution in [1.29, 1.82) is 0 Å². The summed E-state index contributed by atoms with van der Waals surface area (Å²) in [6.07, 6.45) is 0. The van der Waals surface area contributed by atoms with Gasteiger partial charge in [-0.25, -0.2) is 0 Å². The average Bonchev–Trinajstić information content (AvgIpc) is 1.96. The molecular weight excluding hydrogens is 170 g/mol. The molecule has 0 aliphatic heterocycles. The SMILES string of the molecule is CN=C(SCCN(C)C)N(C)C. The van der Waals surface area contributed by atoms with Crippen molar-refractivity contribution >= 4 is 16.9 Å². The van der Waals surface area contributed by atoms with Crippen LogP contribution in [0.25, 0.3) is 0 Å². The zero-order valence-corrected chi connectivity index (χ0v) is 9.48. The van der Waals surface area contributed by atoms with E-state index in [9.17, 15) is 0 Å². The van der Waals surface area contributed by atoms with Gasteiger partial charge in [0.05, 0.1) is 0 Å². The highest BCUT2D eigenvalue weighted by Crippen LogP contribution is 2.05. The summed E-state index contributed by atoms with van der Waals surface area (Å²) in [5.74, 6) is 1.10. The van der Waals surface area contributed by atoms with Crippen LogP contribution in [-0.4, -0.2) is 62.5 Å². The molecule has 0 amide bonds. The topological polar surface area (TPSA) is 18.8 Å². The number of amidine groups is 1. The summed E-state index contributed by atoms with van der Waals surface area (Å²) in [6, 6.07) is 0. The summed E-state index contributed by atoms with van der Waals surface area (Å²) in [5, 5.41) is 1.09. The molecule has 0 heterocycles. The van der Waals surface area contributed by atoms with Gasteiger partial charge < -0.3 is 9.80 Å². The van der Waals surface area contributed by atoms with E-state index < -0.39 is 0 Å². The molecule has 0 saturated carbocycles. The molecule has 0 spiro atoms. The van der Waals surface area contributed by atoms with Gasteiger partial charge in [-0.15, -0.1) is 0 Å². The second-order valence-electron chi connectivity index (χ2n) is 3.05. The fraction of sp³-hybridized carbons (Fsp3) is 0.875. The van der Waals surface area contributed by atoms with Gasteiger partial charge in [0, 0.05) is 33.4 Å². The molecule has 72 valence electrons. The van der Waals surface area contributed by atoms with E-state index in [0.29, 0.717) is 0 Å². The summed E-state index contributed by atoms with van der Waals surface area (Å²) in [4.78, 5) is 8.39. The molecule has 4 heteroatoms. The molecule has 0 N–H and O–H groups in total. The molecule has 0 bridgehead atoms. The molecule has 0 aromatic heterocycles. The van der Waals surface area contributed by atoms with Crippen LogP contribution in [0.1, 0.15) is 0 Å². The van der Waals surface area contributed by atoms with E-state index in [0.717, 1.165) is 17.5 Å². The van der Waals surface area contributed by atoms with E-state index in [1.54, 1.807) is 11.8 Å². The van der Waals surface area contributed by atoms with Gasteiger partial charge in [-0.3, -0.25) is 4.99 Å². The molecule has 0 rings (SSSR count). The van der Waals surface area contributed by atoms with Crippen molar-refractivity contribution in [2.45, 2.75) is 0 Å². The van der Waals surface area contributed by atoms with E-state index >= 15 is 0 Å². The van der Waals surface area contributed by atoms with Crippen molar-refractivity contribution in [2.75, 3.05) is 47.5 Å². The molecule has 0 saturated heterocycles. The van der Waals surface area contributed by atoms with Crippen LogP contribution in [0.4, 0.5) is 0 Å². The number of thioether (sulfide) groups is 1. The van der Waals surface area contributed by atoms with Crippen LogP contribution in [-0.2, 0) is 0 Å². The third-order valence-corrected chi connectivity index (χ3v) is 2.54. The van der Waals surface area contributed by atoms with Crippen molar-refractivity contribution in [3.05, 3.63) is 0 Å². The summed E-state index contributed by atoms with van der Waals surface area (Å²) < 4.78 is 0. The molecule has 3 nitrogen and oxygen atoms in total. The minimum Gasteiger partial charge on any atom is -0.358 e. The number of rotatable bonds is 3. The van der Waals surface area contributed by atoms with Crippen LogP contribution >= 0.6 is 11.8 Å². The summed E-state index contributed by atoms with van der Waals surface area (Å²) in [6.45, 7) is 1.09. The maximum absolute atomic E-state index is 4.17. The minimum atomic E-state index is 1.09. The lowest BCUT2D eigenvalue weighted by Crippen LogP contribution is -2.21. The van der Waals surface area contributed by atoms with E-state index in [4.69, 9.17) is 0 Å². The zero-order valence-electron chi connectivity index (χ0n) is 8.66. The predicted molar refractivity (Wildman–Crippen MR) is 58.1 cm³/mol. The molecule has 0 fully saturated rings. The van der Waals surface area contributed by atoms with Gasteiger partial charge in [0.15, 0.2) is 5.17 Å². The first-order chi connectivity index (χ1) is 5.57. The smallest absolute Gasteiger partial charge is 0.158 e. The fourth-order valence-electron chi connectivity index (χ4n) is 0.713. The molecule has 0 aromatic rings. The van der Waals surface area contributed by atoms with Crippen LogP contribution in [0.5, 0.6) is 0 Å². The Balaban J connectivity index is 3.61. The van der Waals surface area contributed by atoms with Crippen molar-refractivity contribution < 1.29 is 0 Å². The number of nitrogens with zero attached hydrogens (tertiary/aromatic N) is 3. The third-order valence-electron chi connectivity index (χ3n) is 1.34. The van der Waals surface area contributed by atoms with Crippen LogP contribution in [0.3, 0.4) is 0 Å². The number of hydrogen-bond donors (Lipinski definition) is 0. The molecule has 0 radical (unpaired) electrons. The highest BCUT2D eigenvalue weighted by atomic mass is 32.2. The average molecular weight is 189 g/mol. The van der Waals surface area contributed by atoms with Crippen molar-refractivity contribution in [3.63, 3.8) is 0 Å². The highest BCUT2D eigenvalue weighted by molar-refractivity contribution is 8.13.